The van der Waals surface area contributed by atoms with E-state index in [2.05, 4.69) is 5.73 Å². The van der Waals surface area contributed by atoms with Gasteiger partial charge in [0.2, 0.25) is 5.91 Å². The van der Waals surface area contributed by atoms with Crippen LogP contribution in [0.5, 0.6) is 11.5 Å². The molecule has 4 nitrogen and oxygen atoms in total. The van der Waals surface area contributed by atoms with Crippen molar-refractivity contribution in [2.24, 2.45) is 5.73 Å². The molecule has 0 aliphatic heterocycles. The molecule has 0 radical (unpaired) electrons. The first-order valence-corrected chi connectivity index (χ1v) is 7.16. The van der Waals surface area contributed by atoms with E-state index in [4.69, 9.17) is 0 Å². The van der Waals surface area contributed by atoms with Crippen molar-refractivity contribution in [1.82, 2.24) is 0 Å². The molecule has 4 heteroatoms. The van der Waals surface area contributed by atoms with Gasteiger partial charge in [-0.2, -0.15) is 0 Å². The van der Waals surface area contributed by atoms with Crippen LogP contribution in [0.15, 0.2) is 12.1 Å². The molecule has 1 rings (SSSR count). The Balaban J connectivity index is 0.000000690. The van der Waals surface area contributed by atoms with Gasteiger partial charge in [0.1, 0.15) is 11.5 Å². The minimum atomic E-state index is -0.245. The zero-order valence-corrected chi connectivity index (χ0v) is 14.2. The Morgan fingerprint density at radius 3 is 1.48 bits per heavy atom. The molecule has 0 unspecified atom stereocenters. The Kier molecular flexibility index (Phi) is 6.28. The first kappa shape index (κ1) is 19.3. The number of rotatable bonds is 1. The quantitative estimate of drug-likeness (QED) is 0.692. The molecule has 0 fully saturated rings. The molecule has 1 aromatic rings. The maximum Gasteiger partial charge on any atom is 0.217 e. The summed E-state index contributed by atoms with van der Waals surface area (Å²) in [5.74, 6) is 0.274. The third kappa shape index (κ3) is 6.06. The zero-order valence-electron chi connectivity index (χ0n) is 14.2. The Bertz CT molecular complexity index is 459. The predicted molar refractivity (Wildman–Crippen MR) is 86.7 cm³/mol. The van der Waals surface area contributed by atoms with Gasteiger partial charge in [-0.25, -0.2) is 0 Å². The topological polar surface area (TPSA) is 83.6 Å². The lowest BCUT2D eigenvalue weighted by Gasteiger charge is -2.27. The molecule has 0 saturated heterocycles. The Morgan fingerprint density at radius 2 is 1.29 bits per heavy atom. The molecule has 0 aromatic heterocycles. The number of amides is 1. The summed E-state index contributed by atoms with van der Waals surface area (Å²) in [6.07, 6.45) is 0.444. The smallest absolute Gasteiger partial charge is 0.217 e. The number of carbonyl (C=O) groups is 1. The van der Waals surface area contributed by atoms with Gasteiger partial charge in [-0.05, 0) is 23.0 Å². The second kappa shape index (κ2) is 6.83. The third-order valence-electron chi connectivity index (χ3n) is 3.06. The highest BCUT2D eigenvalue weighted by Gasteiger charge is 2.26. The maximum absolute atomic E-state index is 10.3. The van der Waals surface area contributed by atoms with Gasteiger partial charge >= 0.3 is 0 Å². The Morgan fingerprint density at radius 1 is 1.00 bits per heavy atom. The van der Waals surface area contributed by atoms with Crippen LogP contribution in [-0.4, -0.2) is 16.1 Å². The molecular weight excluding hydrogens is 266 g/mol. The highest BCUT2D eigenvalue weighted by Crippen LogP contribution is 2.41. The number of phenolic OH excluding ortho intramolecular Hbond substituents is 2. The first-order valence-electron chi connectivity index (χ1n) is 7.16. The van der Waals surface area contributed by atoms with Crippen LogP contribution in [-0.2, 0) is 15.6 Å². The number of phenols is 2. The summed E-state index contributed by atoms with van der Waals surface area (Å²) in [5.41, 5.74) is 5.88. The monoisotopic (exact) mass is 295 g/mol. The van der Waals surface area contributed by atoms with Gasteiger partial charge in [-0.3, -0.25) is 4.79 Å². The van der Waals surface area contributed by atoms with E-state index in [-0.39, 0.29) is 22.5 Å². The van der Waals surface area contributed by atoms with Gasteiger partial charge < -0.3 is 15.9 Å². The van der Waals surface area contributed by atoms with Crippen molar-refractivity contribution in [2.45, 2.75) is 65.7 Å². The summed E-state index contributed by atoms with van der Waals surface area (Å²) >= 11 is 0. The van der Waals surface area contributed by atoms with Gasteiger partial charge in [0.15, 0.2) is 0 Å². The Labute approximate surface area is 128 Å². The highest BCUT2D eigenvalue weighted by atomic mass is 16.3. The Hall–Kier alpha value is -1.71. The lowest BCUT2D eigenvalue weighted by atomic mass is 9.79. The summed E-state index contributed by atoms with van der Waals surface area (Å²) in [5, 5.41) is 20.0. The van der Waals surface area contributed by atoms with Crippen LogP contribution in [0.25, 0.3) is 0 Å². The number of nitrogens with two attached hydrogens (primary N) is 1. The van der Waals surface area contributed by atoms with Crippen LogP contribution in [0, 0.1) is 0 Å². The van der Waals surface area contributed by atoms with Gasteiger partial charge in [0.25, 0.3) is 0 Å². The highest BCUT2D eigenvalue weighted by molar-refractivity contribution is 5.73. The van der Waals surface area contributed by atoms with E-state index >= 15 is 0 Å². The van der Waals surface area contributed by atoms with Crippen molar-refractivity contribution < 1.29 is 15.0 Å². The SMILES string of the molecule is CC(C)(C)c1cc(O)cc(C(C)(C)C)c1O.CCC(N)=O. The van der Waals surface area contributed by atoms with Crippen molar-refractivity contribution in [1.29, 1.82) is 0 Å². The van der Waals surface area contributed by atoms with Crippen LogP contribution < -0.4 is 5.73 Å². The second-order valence-electron chi connectivity index (χ2n) is 7.21. The van der Waals surface area contributed by atoms with E-state index in [1.54, 1.807) is 19.1 Å². The second-order valence-corrected chi connectivity index (χ2v) is 7.21. The molecule has 0 saturated carbocycles. The van der Waals surface area contributed by atoms with Crippen LogP contribution >= 0.6 is 0 Å². The number of carbonyl (C=O) groups excluding carboxylic acids is 1. The van der Waals surface area contributed by atoms with Crippen molar-refractivity contribution in [3.63, 3.8) is 0 Å². The van der Waals surface area contributed by atoms with Gasteiger partial charge in [0.05, 0.1) is 0 Å². The summed E-state index contributed by atoms with van der Waals surface area (Å²) in [7, 11) is 0. The minimum absolute atomic E-state index is 0.178. The standard InChI is InChI=1S/C14H22O2.C3H7NO/c1-13(2,3)10-7-9(15)8-11(12(10)16)14(4,5)6;1-2-3(4)5/h7-8,15-16H,1-6H3;2H2,1H3,(H2,4,5). The molecule has 0 spiro atoms. The molecule has 0 heterocycles. The average molecular weight is 295 g/mol. The minimum Gasteiger partial charge on any atom is -0.508 e. The molecule has 0 bridgehead atoms. The third-order valence-corrected chi connectivity index (χ3v) is 3.06. The summed E-state index contributed by atoms with van der Waals surface area (Å²) < 4.78 is 0. The van der Waals surface area contributed by atoms with E-state index in [0.717, 1.165) is 11.1 Å². The zero-order chi connectivity index (χ0) is 17.0. The van der Waals surface area contributed by atoms with E-state index in [1.807, 2.05) is 41.5 Å². The fourth-order valence-electron chi connectivity index (χ4n) is 1.76. The van der Waals surface area contributed by atoms with Crippen molar-refractivity contribution in [3.05, 3.63) is 23.3 Å². The fraction of sp³-hybridized carbons (Fsp3) is 0.588. The molecule has 0 atom stereocenters. The van der Waals surface area contributed by atoms with Crippen LogP contribution in [0.3, 0.4) is 0 Å². The van der Waals surface area contributed by atoms with Gasteiger partial charge in [-0.15, -0.1) is 0 Å². The molecule has 1 aromatic carbocycles. The summed E-state index contributed by atoms with van der Waals surface area (Å²) in [4.78, 5) is 9.59. The van der Waals surface area contributed by atoms with E-state index in [1.165, 1.54) is 0 Å². The molecule has 120 valence electrons. The van der Waals surface area contributed by atoms with Crippen LogP contribution in [0.1, 0.15) is 66.0 Å². The number of primary amides is 1. The molecule has 4 N–H and O–H groups in total. The van der Waals surface area contributed by atoms with Crippen molar-refractivity contribution >= 4 is 5.91 Å². The molecular formula is C17H29NO3. The van der Waals surface area contributed by atoms with E-state index < -0.39 is 0 Å². The lowest BCUT2D eigenvalue weighted by Crippen LogP contribution is -2.16. The van der Waals surface area contributed by atoms with Crippen LogP contribution in [0.4, 0.5) is 0 Å². The number of benzene rings is 1. The predicted octanol–water partition coefficient (Wildman–Crippen LogP) is 3.57. The number of hydrogen-bond donors (Lipinski definition) is 3. The maximum atomic E-state index is 10.3. The molecule has 1 amide bonds. The normalized spacial score (nSPS) is 11.6. The summed E-state index contributed by atoms with van der Waals surface area (Å²) in [6, 6.07) is 3.29. The first-order chi connectivity index (χ1) is 9.30. The van der Waals surface area contributed by atoms with E-state index in [9.17, 15) is 15.0 Å². The largest absolute Gasteiger partial charge is 0.508 e. The number of hydrogen-bond acceptors (Lipinski definition) is 3. The van der Waals surface area contributed by atoms with Gasteiger partial charge in [-0.1, -0.05) is 48.5 Å². The fourth-order valence-corrected chi connectivity index (χ4v) is 1.76. The molecule has 21 heavy (non-hydrogen) atoms. The van der Waals surface area contributed by atoms with Crippen molar-refractivity contribution in [3.8, 4) is 11.5 Å². The average Bonchev–Trinajstić information content (AvgIpc) is 2.29. The van der Waals surface area contributed by atoms with E-state index in [0.29, 0.717) is 12.2 Å². The molecule has 0 aliphatic carbocycles. The lowest BCUT2D eigenvalue weighted by molar-refractivity contribution is -0.117. The van der Waals surface area contributed by atoms with Crippen molar-refractivity contribution in [2.75, 3.05) is 0 Å². The molecule has 0 aliphatic rings. The van der Waals surface area contributed by atoms with Gasteiger partial charge in [0, 0.05) is 17.5 Å². The summed E-state index contributed by atoms with van der Waals surface area (Å²) in [6.45, 7) is 13.9. The number of aromatic hydroxyl groups is 2. The van der Waals surface area contributed by atoms with Crippen LogP contribution in [0.2, 0.25) is 0 Å².